The number of aryl methyl sites for hydroxylation is 1. The van der Waals surface area contributed by atoms with Gasteiger partial charge in [0.25, 0.3) is 0 Å². The highest BCUT2D eigenvalue weighted by Gasteiger charge is 2.15. The zero-order valence-corrected chi connectivity index (χ0v) is 15.7. The Morgan fingerprint density at radius 1 is 1.04 bits per heavy atom. The summed E-state index contributed by atoms with van der Waals surface area (Å²) < 4.78 is 0. The third-order valence-electron chi connectivity index (χ3n) is 4.42. The fourth-order valence-electron chi connectivity index (χ4n) is 2.99. The molecule has 4 aromatic rings. The lowest BCUT2D eigenvalue weighted by Gasteiger charge is -2.13. The number of nitrogens with two attached hydrogens (primary N) is 1. The number of pyridine rings is 1. The summed E-state index contributed by atoms with van der Waals surface area (Å²) in [6.45, 7) is 2.10. The summed E-state index contributed by atoms with van der Waals surface area (Å²) in [7, 11) is 4.06. The van der Waals surface area contributed by atoms with Crippen LogP contribution < -0.4 is 10.6 Å². The molecule has 0 aliphatic heterocycles. The summed E-state index contributed by atoms with van der Waals surface area (Å²) in [5.74, 6) is 0.458. The lowest BCUT2D eigenvalue weighted by atomic mass is 10.0. The molecule has 3 heterocycles. The first-order valence-electron chi connectivity index (χ1n) is 8.28. The van der Waals surface area contributed by atoms with E-state index < -0.39 is 0 Å². The zero-order valence-electron chi connectivity index (χ0n) is 14.9. The number of benzene rings is 1. The lowest BCUT2D eigenvalue weighted by Crippen LogP contribution is -2.08. The first kappa shape index (κ1) is 16.5. The summed E-state index contributed by atoms with van der Waals surface area (Å²) in [6, 6.07) is 12.5. The van der Waals surface area contributed by atoms with Crippen LogP contribution in [0.3, 0.4) is 0 Å². The van der Waals surface area contributed by atoms with Gasteiger partial charge in [-0.1, -0.05) is 12.1 Å². The van der Waals surface area contributed by atoms with Crippen LogP contribution in [0.1, 0.15) is 5.56 Å². The van der Waals surface area contributed by atoms with Crippen molar-refractivity contribution < 1.29 is 0 Å². The van der Waals surface area contributed by atoms with Gasteiger partial charge in [0.05, 0.1) is 11.1 Å². The Morgan fingerprint density at radius 3 is 2.46 bits per heavy atom. The van der Waals surface area contributed by atoms with Gasteiger partial charge in [0.15, 0.2) is 5.65 Å². The molecule has 0 fully saturated rings. The van der Waals surface area contributed by atoms with Gasteiger partial charge in [-0.25, -0.2) is 15.0 Å². The number of anilines is 2. The molecule has 0 bridgehead atoms. The highest BCUT2D eigenvalue weighted by molar-refractivity contribution is 7.13. The molecule has 6 heteroatoms. The molecule has 0 amide bonds. The standard InChI is InChI=1S/C20H19N5S/c1-12-8-9-26-18(12)15-10-16(13-4-6-14(7-5-13)25(2)3)24-20-17(15)19(21)22-11-23-20/h4-11H,1-3H3,(H2,21,22,23,24). The fraction of sp³-hybridized carbons (Fsp3) is 0.150. The maximum absolute atomic E-state index is 6.16. The average molecular weight is 361 g/mol. The third-order valence-corrected chi connectivity index (χ3v) is 5.47. The van der Waals surface area contributed by atoms with Crippen LogP contribution in [0.15, 0.2) is 48.1 Å². The molecule has 0 saturated carbocycles. The summed E-state index contributed by atoms with van der Waals surface area (Å²) in [4.78, 5) is 16.5. The number of hydrogen-bond acceptors (Lipinski definition) is 6. The Balaban J connectivity index is 1.96. The van der Waals surface area contributed by atoms with E-state index in [-0.39, 0.29) is 0 Å². The van der Waals surface area contributed by atoms with Crippen LogP contribution in [-0.4, -0.2) is 29.0 Å². The summed E-state index contributed by atoms with van der Waals surface area (Å²) in [5, 5.41) is 2.90. The molecular weight excluding hydrogens is 342 g/mol. The van der Waals surface area contributed by atoms with Crippen molar-refractivity contribution in [1.82, 2.24) is 15.0 Å². The number of nitrogens with zero attached hydrogens (tertiary/aromatic N) is 4. The maximum atomic E-state index is 6.16. The van der Waals surface area contributed by atoms with E-state index in [1.165, 1.54) is 16.8 Å². The van der Waals surface area contributed by atoms with E-state index in [9.17, 15) is 0 Å². The Bertz CT molecular complexity index is 1080. The normalized spacial score (nSPS) is 11.0. The second kappa shape index (κ2) is 6.38. The predicted molar refractivity (Wildman–Crippen MR) is 110 cm³/mol. The van der Waals surface area contributed by atoms with Crippen LogP contribution >= 0.6 is 11.3 Å². The summed E-state index contributed by atoms with van der Waals surface area (Å²) in [6.07, 6.45) is 1.47. The molecule has 3 aromatic heterocycles. The molecule has 2 N–H and O–H groups in total. The van der Waals surface area contributed by atoms with Gasteiger partial charge in [-0.2, -0.15) is 0 Å². The van der Waals surface area contributed by atoms with Crippen molar-refractivity contribution in [2.75, 3.05) is 24.7 Å². The molecule has 0 saturated heterocycles. The molecule has 26 heavy (non-hydrogen) atoms. The molecular formula is C20H19N5S. The molecule has 5 nitrogen and oxygen atoms in total. The van der Waals surface area contributed by atoms with Crippen LogP contribution in [0, 0.1) is 6.92 Å². The molecule has 0 spiro atoms. The highest BCUT2D eigenvalue weighted by atomic mass is 32.1. The Hall–Kier alpha value is -2.99. The Kier molecular flexibility index (Phi) is 4.05. The van der Waals surface area contributed by atoms with Crippen molar-refractivity contribution >= 4 is 33.9 Å². The number of nitrogen functional groups attached to an aromatic ring is 1. The van der Waals surface area contributed by atoms with E-state index in [1.807, 2.05) is 14.1 Å². The van der Waals surface area contributed by atoms with Crippen LogP contribution in [0.5, 0.6) is 0 Å². The molecule has 4 rings (SSSR count). The van der Waals surface area contributed by atoms with Crippen LogP contribution in [0.4, 0.5) is 11.5 Å². The third kappa shape index (κ3) is 2.78. The van der Waals surface area contributed by atoms with E-state index in [0.717, 1.165) is 27.9 Å². The van der Waals surface area contributed by atoms with Crippen molar-refractivity contribution in [2.24, 2.45) is 0 Å². The van der Waals surface area contributed by atoms with Gasteiger partial charge in [-0.05, 0) is 42.1 Å². The Labute approximate surface area is 156 Å². The van der Waals surface area contributed by atoms with Crippen LogP contribution in [0.2, 0.25) is 0 Å². The average Bonchev–Trinajstić information content (AvgIpc) is 3.07. The number of thiophene rings is 1. The van der Waals surface area contributed by atoms with Gasteiger partial charge in [-0.15, -0.1) is 11.3 Å². The van der Waals surface area contributed by atoms with Gasteiger partial charge >= 0.3 is 0 Å². The van der Waals surface area contributed by atoms with Gasteiger partial charge in [0, 0.05) is 35.8 Å². The highest BCUT2D eigenvalue weighted by Crippen LogP contribution is 2.38. The minimum Gasteiger partial charge on any atom is -0.383 e. The van der Waals surface area contributed by atoms with E-state index in [4.69, 9.17) is 10.7 Å². The molecule has 0 aliphatic carbocycles. The maximum Gasteiger partial charge on any atom is 0.165 e. The van der Waals surface area contributed by atoms with Crippen molar-refractivity contribution in [1.29, 1.82) is 0 Å². The second-order valence-corrected chi connectivity index (χ2v) is 7.30. The zero-order chi connectivity index (χ0) is 18.3. The molecule has 0 radical (unpaired) electrons. The van der Waals surface area contributed by atoms with Crippen molar-refractivity contribution in [2.45, 2.75) is 6.92 Å². The largest absolute Gasteiger partial charge is 0.383 e. The van der Waals surface area contributed by atoms with Gasteiger partial charge < -0.3 is 10.6 Å². The topological polar surface area (TPSA) is 67.9 Å². The molecule has 0 aliphatic rings. The number of rotatable bonds is 3. The minimum atomic E-state index is 0.458. The molecule has 0 unspecified atom stereocenters. The minimum absolute atomic E-state index is 0.458. The van der Waals surface area contributed by atoms with Gasteiger partial charge in [-0.3, -0.25) is 0 Å². The van der Waals surface area contributed by atoms with E-state index in [0.29, 0.717) is 11.5 Å². The SMILES string of the molecule is Cc1ccsc1-c1cc(-c2ccc(N(C)C)cc2)nc2ncnc(N)c12. The fourth-order valence-corrected chi connectivity index (χ4v) is 3.94. The molecule has 130 valence electrons. The number of fused-ring (bicyclic) bond motifs is 1. The Morgan fingerprint density at radius 2 is 1.81 bits per heavy atom. The van der Waals surface area contributed by atoms with Crippen LogP contribution in [-0.2, 0) is 0 Å². The van der Waals surface area contributed by atoms with E-state index >= 15 is 0 Å². The van der Waals surface area contributed by atoms with Crippen molar-refractivity contribution in [3.8, 4) is 21.7 Å². The second-order valence-electron chi connectivity index (χ2n) is 6.39. The first-order valence-corrected chi connectivity index (χ1v) is 9.16. The number of aromatic nitrogens is 3. The molecule has 0 atom stereocenters. The lowest BCUT2D eigenvalue weighted by molar-refractivity contribution is 1.13. The van der Waals surface area contributed by atoms with E-state index in [2.05, 4.69) is 63.6 Å². The smallest absolute Gasteiger partial charge is 0.165 e. The van der Waals surface area contributed by atoms with Gasteiger partial charge in [0.1, 0.15) is 12.1 Å². The monoisotopic (exact) mass is 361 g/mol. The van der Waals surface area contributed by atoms with Gasteiger partial charge in [0.2, 0.25) is 0 Å². The summed E-state index contributed by atoms with van der Waals surface area (Å²) >= 11 is 1.69. The van der Waals surface area contributed by atoms with Crippen molar-refractivity contribution in [3.63, 3.8) is 0 Å². The van der Waals surface area contributed by atoms with E-state index in [1.54, 1.807) is 11.3 Å². The first-order chi connectivity index (χ1) is 12.5. The van der Waals surface area contributed by atoms with Crippen LogP contribution in [0.25, 0.3) is 32.7 Å². The molecule has 1 aromatic carbocycles. The predicted octanol–water partition coefficient (Wildman–Crippen LogP) is 4.38. The number of hydrogen-bond donors (Lipinski definition) is 1. The quantitative estimate of drug-likeness (QED) is 0.586. The van der Waals surface area contributed by atoms with Crippen molar-refractivity contribution in [3.05, 3.63) is 53.7 Å². The summed E-state index contributed by atoms with van der Waals surface area (Å²) in [5.41, 5.74) is 12.1.